The molecule has 0 spiro atoms. The van der Waals surface area contributed by atoms with Crippen molar-refractivity contribution in [3.8, 4) is 5.75 Å². The Bertz CT molecular complexity index is 377. The van der Waals surface area contributed by atoms with Gasteiger partial charge in [-0.1, -0.05) is 43.6 Å². The van der Waals surface area contributed by atoms with Crippen molar-refractivity contribution in [1.29, 1.82) is 0 Å². The maximum atomic E-state index is 5.90. The lowest BCUT2D eigenvalue weighted by atomic mass is 10.1. The van der Waals surface area contributed by atoms with E-state index >= 15 is 0 Å². The highest BCUT2D eigenvalue weighted by Gasteiger charge is 2.05. The minimum atomic E-state index is 0.664. The number of halogens is 1. The van der Waals surface area contributed by atoms with Gasteiger partial charge in [-0.15, -0.1) is 0 Å². The largest absolute Gasteiger partial charge is 0.493 e. The standard InChI is InChI=1S/C16H26BrNO/c1-12(2)7-8-19-16-6-5-15(17)9-14(16)11-18-10-13(3)4/h5-6,9,12-13,18H,7-8,10-11H2,1-4H3. The Kier molecular flexibility index (Phi) is 7.47. The molecule has 1 aromatic carbocycles. The average Bonchev–Trinajstić information content (AvgIpc) is 2.31. The maximum absolute atomic E-state index is 5.90. The summed E-state index contributed by atoms with van der Waals surface area (Å²) in [6.45, 7) is 11.5. The van der Waals surface area contributed by atoms with Gasteiger partial charge in [0.15, 0.2) is 0 Å². The van der Waals surface area contributed by atoms with Gasteiger partial charge in [0.1, 0.15) is 5.75 Å². The Hall–Kier alpha value is -0.540. The van der Waals surface area contributed by atoms with Crippen LogP contribution in [-0.4, -0.2) is 13.2 Å². The summed E-state index contributed by atoms with van der Waals surface area (Å²) < 4.78 is 7.00. The molecule has 1 N–H and O–H groups in total. The van der Waals surface area contributed by atoms with Crippen molar-refractivity contribution in [1.82, 2.24) is 5.32 Å². The molecule has 0 saturated carbocycles. The summed E-state index contributed by atoms with van der Waals surface area (Å²) in [4.78, 5) is 0. The fourth-order valence-electron chi connectivity index (χ4n) is 1.73. The molecule has 0 fully saturated rings. The molecule has 2 nitrogen and oxygen atoms in total. The van der Waals surface area contributed by atoms with Crippen molar-refractivity contribution in [2.45, 2.75) is 40.7 Å². The summed E-state index contributed by atoms with van der Waals surface area (Å²) >= 11 is 3.53. The van der Waals surface area contributed by atoms with Gasteiger partial charge in [-0.3, -0.25) is 0 Å². The molecule has 108 valence electrons. The van der Waals surface area contributed by atoms with Gasteiger partial charge < -0.3 is 10.1 Å². The summed E-state index contributed by atoms with van der Waals surface area (Å²) in [5, 5.41) is 3.47. The molecule has 1 aromatic rings. The summed E-state index contributed by atoms with van der Waals surface area (Å²) in [5.74, 6) is 2.34. The van der Waals surface area contributed by atoms with E-state index in [0.717, 1.165) is 36.3 Å². The molecule has 1 rings (SSSR count). The van der Waals surface area contributed by atoms with Crippen LogP contribution in [0.5, 0.6) is 5.75 Å². The highest BCUT2D eigenvalue weighted by atomic mass is 79.9. The number of nitrogens with one attached hydrogen (secondary N) is 1. The summed E-state index contributed by atoms with van der Waals surface area (Å²) in [7, 11) is 0. The molecule has 0 aliphatic heterocycles. The van der Waals surface area contributed by atoms with Crippen LogP contribution in [0.4, 0.5) is 0 Å². The normalized spacial score (nSPS) is 11.3. The molecular formula is C16H26BrNO. The van der Waals surface area contributed by atoms with Gasteiger partial charge in [0.05, 0.1) is 6.61 Å². The highest BCUT2D eigenvalue weighted by Crippen LogP contribution is 2.23. The van der Waals surface area contributed by atoms with E-state index in [9.17, 15) is 0 Å². The fraction of sp³-hybridized carbons (Fsp3) is 0.625. The van der Waals surface area contributed by atoms with E-state index in [1.807, 2.05) is 6.07 Å². The van der Waals surface area contributed by atoms with Gasteiger partial charge >= 0.3 is 0 Å². The maximum Gasteiger partial charge on any atom is 0.123 e. The first-order valence-electron chi connectivity index (χ1n) is 7.11. The van der Waals surface area contributed by atoms with Crippen LogP contribution in [0, 0.1) is 11.8 Å². The smallest absolute Gasteiger partial charge is 0.123 e. The van der Waals surface area contributed by atoms with Crippen LogP contribution >= 0.6 is 15.9 Å². The first kappa shape index (κ1) is 16.5. The first-order valence-corrected chi connectivity index (χ1v) is 7.90. The van der Waals surface area contributed by atoms with Crippen LogP contribution in [-0.2, 0) is 6.54 Å². The van der Waals surface area contributed by atoms with E-state index < -0.39 is 0 Å². The molecule has 19 heavy (non-hydrogen) atoms. The minimum absolute atomic E-state index is 0.664. The van der Waals surface area contributed by atoms with Crippen LogP contribution in [0.15, 0.2) is 22.7 Å². The Labute approximate surface area is 126 Å². The number of ether oxygens (including phenoxy) is 1. The molecule has 0 radical (unpaired) electrons. The van der Waals surface area contributed by atoms with Crippen molar-refractivity contribution >= 4 is 15.9 Å². The summed E-state index contributed by atoms with van der Waals surface area (Å²) in [6, 6.07) is 6.23. The van der Waals surface area contributed by atoms with E-state index in [4.69, 9.17) is 4.74 Å². The van der Waals surface area contributed by atoms with Crippen molar-refractivity contribution in [3.63, 3.8) is 0 Å². The lowest BCUT2D eigenvalue weighted by molar-refractivity contribution is 0.286. The van der Waals surface area contributed by atoms with Gasteiger partial charge in [-0.2, -0.15) is 0 Å². The van der Waals surface area contributed by atoms with Gasteiger partial charge in [-0.25, -0.2) is 0 Å². The van der Waals surface area contributed by atoms with Crippen LogP contribution < -0.4 is 10.1 Å². The van der Waals surface area contributed by atoms with Crippen molar-refractivity contribution < 1.29 is 4.74 Å². The van der Waals surface area contributed by atoms with Crippen molar-refractivity contribution in [2.75, 3.05) is 13.2 Å². The Morgan fingerprint density at radius 1 is 1.16 bits per heavy atom. The molecule has 0 unspecified atom stereocenters. The SMILES string of the molecule is CC(C)CCOc1ccc(Br)cc1CNCC(C)C. The molecule has 0 aliphatic rings. The first-order chi connectivity index (χ1) is 8.99. The Balaban J connectivity index is 2.58. The van der Waals surface area contributed by atoms with Gasteiger partial charge in [0.25, 0.3) is 0 Å². The van der Waals surface area contributed by atoms with E-state index in [2.05, 4.69) is 61.1 Å². The summed E-state index contributed by atoms with van der Waals surface area (Å²) in [5.41, 5.74) is 1.22. The monoisotopic (exact) mass is 327 g/mol. The fourth-order valence-corrected chi connectivity index (χ4v) is 2.14. The molecule has 0 amide bonds. The molecule has 3 heteroatoms. The van der Waals surface area contributed by atoms with E-state index in [1.165, 1.54) is 5.56 Å². The molecular weight excluding hydrogens is 302 g/mol. The van der Waals surface area contributed by atoms with Crippen LogP contribution in [0.1, 0.15) is 39.7 Å². The lowest BCUT2D eigenvalue weighted by Gasteiger charge is -2.14. The lowest BCUT2D eigenvalue weighted by Crippen LogP contribution is -2.19. The Morgan fingerprint density at radius 2 is 1.89 bits per heavy atom. The number of rotatable bonds is 8. The zero-order chi connectivity index (χ0) is 14.3. The second-order valence-electron chi connectivity index (χ2n) is 5.81. The van der Waals surface area contributed by atoms with E-state index in [0.29, 0.717) is 11.8 Å². The third-order valence-electron chi connectivity index (χ3n) is 2.84. The van der Waals surface area contributed by atoms with Crippen LogP contribution in [0.3, 0.4) is 0 Å². The summed E-state index contributed by atoms with van der Waals surface area (Å²) in [6.07, 6.45) is 1.09. The highest BCUT2D eigenvalue weighted by molar-refractivity contribution is 9.10. The second kappa shape index (κ2) is 8.60. The molecule has 0 bridgehead atoms. The van der Waals surface area contributed by atoms with Crippen molar-refractivity contribution in [3.05, 3.63) is 28.2 Å². The van der Waals surface area contributed by atoms with Crippen LogP contribution in [0.25, 0.3) is 0 Å². The Morgan fingerprint density at radius 3 is 2.53 bits per heavy atom. The minimum Gasteiger partial charge on any atom is -0.493 e. The number of hydrogen-bond acceptors (Lipinski definition) is 2. The topological polar surface area (TPSA) is 21.3 Å². The number of hydrogen-bond donors (Lipinski definition) is 1. The molecule has 0 saturated heterocycles. The van der Waals surface area contributed by atoms with Crippen molar-refractivity contribution in [2.24, 2.45) is 11.8 Å². The van der Waals surface area contributed by atoms with E-state index in [1.54, 1.807) is 0 Å². The number of benzene rings is 1. The quantitative estimate of drug-likeness (QED) is 0.752. The third kappa shape index (κ3) is 6.98. The van der Waals surface area contributed by atoms with Gasteiger partial charge in [0, 0.05) is 16.6 Å². The third-order valence-corrected chi connectivity index (χ3v) is 3.34. The average molecular weight is 328 g/mol. The van der Waals surface area contributed by atoms with Gasteiger partial charge in [-0.05, 0) is 43.0 Å². The van der Waals surface area contributed by atoms with Gasteiger partial charge in [0.2, 0.25) is 0 Å². The van der Waals surface area contributed by atoms with E-state index in [-0.39, 0.29) is 0 Å². The zero-order valence-corrected chi connectivity index (χ0v) is 14.1. The van der Waals surface area contributed by atoms with Crippen LogP contribution in [0.2, 0.25) is 0 Å². The predicted octanol–water partition coefficient (Wildman–Crippen LogP) is 4.62. The molecule has 0 aliphatic carbocycles. The second-order valence-corrected chi connectivity index (χ2v) is 6.72. The zero-order valence-electron chi connectivity index (χ0n) is 12.5. The molecule has 0 heterocycles. The molecule has 0 aromatic heterocycles. The predicted molar refractivity (Wildman–Crippen MR) is 85.6 cm³/mol. The molecule has 0 atom stereocenters.